The minimum absolute atomic E-state index is 0.0189. The molecule has 1 aliphatic rings. The summed E-state index contributed by atoms with van der Waals surface area (Å²) in [5, 5.41) is 17.4. The fourth-order valence-electron chi connectivity index (χ4n) is 2.14. The molecule has 100 valence electrons. The zero-order valence-corrected chi connectivity index (χ0v) is 10.7. The molecule has 1 aliphatic heterocycles. The number of nitrogens with zero attached hydrogens (tertiary/aromatic N) is 1. The zero-order chi connectivity index (χ0) is 13.9. The highest BCUT2D eigenvalue weighted by Gasteiger charge is 2.27. The number of primary amides is 1. The summed E-state index contributed by atoms with van der Waals surface area (Å²) in [5.41, 5.74) is 5.27. The van der Waals surface area contributed by atoms with E-state index >= 15 is 0 Å². The van der Waals surface area contributed by atoms with Gasteiger partial charge in [-0.05, 0) is 26.7 Å². The van der Waals surface area contributed by atoms with Gasteiger partial charge in [-0.2, -0.15) is 0 Å². The highest BCUT2D eigenvalue weighted by atomic mass is 16.3. The van der Waals surface area contributed by atoms with Crippen molar-refractivity contribution in [2.75, 3.05) is 13.1 Å². The monoisotopic (exact) mass is 253 g/mol. The Morgan fingerprint density at radius 1 is 1.28 bits per heavy atom. The van der Waals surface area contributed by atoms with Gasteiger partial charge in [-0.3, -0.25) is 15.0 Å². The molecule has 1 heterocycles. The van der Waals surface area contributed by atoms with E-state index in [2.05, 4.69) is 0 Å². The molecule has 6 heteroatoms. The van der Waals surface area contributed by atoms with Crippen molar-refractivity contribution in [2.45, 2.75) is 26.7 Å². The fourth-order valence-corrected chi connectivity index (χ4v) is 2.14. The third-order valence-electron chi connectivity index (χ3n) is 3.16. The molecule has 0 aromatic heterocycles. The summed E-state index contributed by atoms with van der Waals surface area (Å²) in [6.07, 6.45) is 1.15. The molecule has 0 aromatic carbocycles. The second-order valence-corrected chi connectivity index (χ2v) is 4.53. The molecule has 0 bridgehead atoms. The van der Waals surface area contributed by atoms with Crippen molar-refractivity contribution in [3.8, 4) is 0 Å². The Morgan fingerprint density at radius 3 is 2.11 bits per heavy atom. The molecule has 18 heavy (non-hydrogen) atoms. The number of aliphatic hydroxyl groups is 1. The maximum atomic E-state index is 11.4. The second-order valence-electron chi connectivity index (χ2n) is 4.53. The molecule has 0 saturated carbocycles. The van der Waals surface area contributed by atoms with Gasteiger partial charge in [0.05, 0.1) is 5.57 Å². The van der Waals surface area contributed by atoms with Crippen LogP contribution in [0.2, 0.25) is 0 Å². The van der Waals surface area contributed by atoms with Gasteiger partial charge in [-0.25, -0.2) is 0 Å². The lowest BCUT2D eigenvalue weighted by Gasteiger charge is -2.32. The molecule has 0 unspecified atom stereocenters. The quantitative estimate of drug-likeness (QED) is 0.296. The number of aliphatic hydroxyl groups excluding tert-OH is 1. The number of nitrogens with one attached hydrogen (secondary N) is 1. The van der Waals surface area contributed by atoms with Crippen LogP contribution in [0.4, 0.5) is 0 Å². The number of amidine groups is 1. The molecule has 1 saturated heterocycles. The lowest BCUT2D eigenvalue weighted by Crippen LogP contribution is -2.43. The number of rotatable bonds is 3. The van der Waals surface area contributed by atoms with Gasteiger partial charge in [-0.15, -0.1) is 0 Å². The molecule has 1 rings (SSSR count). The van der Waals surface area contributed by atoms with E-state index in [1.54, 1.807) is 4.90 Å². The minimum atomic E-state index is -0.336. The maximum absolute atomic E-state index is 11.4. The Bertz CT molecular complexity index is 403. The highest BCUT2D eigenvalue weighted by molar-refractivity contribution is 6.19. The smallest absolute Gasteiger partial charge is 0.220 e. The molecule has 0 radical (unpaired) electrons. The van der Waals surface area contributed by atoms with E-state index in [4.69, 9.17) is 11.1 Å². The fraction of sp³-hybridized carbons (Fsp3) is 0.583. The van der Waals surface area contributed by atoms with Gasteiger partial charge >= 0.3 is 0 Å². The number of allylic oxidation sites excluding steroid dienone is 1. The van der Waals surface area contributed by atoms with Crippen LogP contribution in [-0.4, -0.2) is 40.6 Å². The number of amides is 1. The predicted molar refractivity (Wildman–Crippen MR) is 67.2 cm³/mol. The number of piperidine rings is 1. The van der Waals surface area contributed by atoms with Gasteiger partial charge < -0.3 is 15.7 Å². The molecular formula is C12H19N3O3. The van der Waals surface area contributed by atoms with Crippen molar-refractivity contribution < 1.29 is 14.7 Å². The van der Waals surface area contributed by atoms with Crippen molar-refractivity contribution in [3.05, 3.63) is 11.3 Å². The van der Waals surface area contributed by atoms with Crippen LogP contribution < -0.4 is 5.73 Å². The molecule has 0 spiro atoms. The summed E-state index contributed by atoms with van der Waals surface area (Å²) < 4.78 is 0. The van der Waals surface area contributed by atoms with Gasteiger partial charge in [-0.1, -0.05) is 0 Å². The van der Waals surface area contributed by atoms with E-state index in [-0.39, 0.29) is 34.8 Å². The van der Waals surface area contributed by atoms with Crippen LogP contribution in [0.5, 0.6) is 0 Å². The van der Waals surface area contributed by atoms with Crippen LogP contribution in [-0.2, 0) is 9.59 Å². The van der Waals surface area contributed by atoms with Crippen LogP contribution in [0.1, 0.15) is 26.7 Å². The molecule has 6 nitrogen and oxygen atoms in total. The first-order valence-electron chi connectivity index (χ1n) is 5.88. The second kappa shape index (κ2) is 5.66. The summed E-state index contributed by atoms with van der Waals surface area (Å²) in [7, 11) is 0. The largest absolute Gasteiger partial charge is 0.512 e. The van der Waals surface area contributed by atoms with Crippen LogP contribution >= 0.6 is 0 Å². The Labute approximate surface area is 106 Å². The number of ketones is 1. The van der Waals surface area contributed by atoms with Crippen LogP contribution in [0, 0.1) is 11.3 Å². The first-order valence-corrected chi connectivity index (χ1v) is 5.88. The number of likely N-dealkylation sites (tertiary alicyclic amines) is 1. The molecule has 1 amide bonds. The van der Waals surface area contributed by atoms with E-state index < -0.39 is 0 Å². The average Bonchev–Trinajstić information content (AvgIpc) is 2.28. The zero-order valence-electron chi connectivity index (χ0n) is 10.7. The van der Waals surface area contributed by atoms with E-state index in [9.17, 15) is 14.7 Å². The Balaban J connectivity index is 2.74. The normalized spacial score (nSPS) is 18.2. The van der Waals surface area contributed by atoms with Crippen LogP contribution in [0.25, 0.3) is 0 Å². The van der Waals surface area contributed by atoms with E-state index in [1.807, 2.05) is 0 Å². The molecular weight excluding hydrogens is 234 g/mol. The number of hydrogen-bond acceptors (Lipinski definition) is 4. The van der Waals surface area contributed by atoms with Gasteiger partial charge in [0.15, 0.2) is 5.78 Å². The van der Waals surface area contributed by atoms with Crippen molar-refractivity contribution in [1.29, 1.82) is 5.41 Å². The molecule has 4 N–H and O–H groups in total. The number of hydrogen-bond donors (Lipinski definition) is 3. The lowest BCUT2D eigenvalue weighted by atomic mass is 9.95. The van der Waals surface area contributed by atoms with Crippen molar-refractivity contribution >= 4 is 17.5 Å². The highest BCUT2D eigenvalue weighted by Crippen LogP contribution is 2.19. The van der Waals surface area contributed by atoms with Crippen LogP contribution in [0.15, 0.2) is 11.3 Å². The van der Waals surface area contributed by atoms with Crippen LogP contribution in [0.3, 0.4) is 0 Å². The maximum Gasteiger partial charge on any atom is 0.220 e. The molecule has 0 aliphatic carbocycles. The lowest BCUT2D eigenvalue weighted by molar-refractivity contribution is -0.123. The number of carbonyl (C=O) groups is 2. The summed E-state index contributed by atoms with van der Waals surface area (Å²) >= 11 is 0. The Kier molecular flexibility index (Phi) is 4.47. The van der Waals surface area contributed by atoms with Crippen molar-refractivity contribution in [3.63, 3.8) is 0 Å². The molecule has 0 aromatic rings. The first-order chi connectivity index (χ1) is 8.34. The summed E-state index contributed by atoms with van der Waals surface area (Å²) in [5.74, 6) is -0.942. The van der Waals surface area contributed by atoms with Crippen molar-refractivity contribution in [1.82, 2.24) is 4.90 Å². The summed E-state index contributed by atoms with van der Waals surface area (Å²) in [6.45, 7) is 3.70. The predicted octanol–water partition coefficient (Wildman–Crippen LogP) is 0.582. The standard InChI is InChI=1S/C12H19N3O3/c1-7(16)10(8(2)17)11(13)15-5-3-9(4-6-15)12(14)18/h9,13,16H,3-6H2,1-2H3,(H2,14,18)/b10-7-,13-11?. The summed E-state index contributed by atoms with van der Waals surface area (Å²) in [4.78, 5) is 24.1. The minimum Gasteiger partial charge on any atom is -0.512 e. The third-order valence-corrected chi connectivity index (χ3v) is 3.16. The van der Waals surface area contributed by atoms with E-state index in [1.165, 1.54) is 13.8 Å². The Morgan fingerprint density at radius 2 is 1.78 bits per heavy atom. The average molecular weight is 253 g/mol. The summed E-state index contributed by atoms with van der Waals surface area (Å²) in [6, 6.07) is 0. The van der Waals surface area contributed by atoms with Gasteiger partial charge in [0.25, 0.3) is 0 Å². The topological polar surface area (TPSA) is 107 Å². The SMILES string of the molecule is CC(=O)/C(C(=N)N1CCC(C(N)=O)CC1)=C(\C)O. The molecule has 1 fully saturated rings. The van der Waals surface area contributed by atoms with E-state index in [0.717, 1.165) is 0 Å². The number of Topliss-reactive ketones (excluding diaryl/α,β-unsaturated/α-hetero) is 1. The van der Waals surface area contributed by atoms with E-state index in [0.29, 0.717) is 25.9 Å². The van der Waals surface area contributed by atoms with Gasteiger partial charge in [0.1, 0.15) is 11.6 Å². The van der Waals surface area contributed by atoms with Gasteiger partial charge in [0, 0.05) is 19.0 Å². The number of nitrogens with two attached hydrogens (primary N) is 1. The number of carbonyl (C=O) groups excluding carboxylic acids is 2. The third kappa shape index (κ3) is 3.09. The Hall–Kier alpha value is -1.85. The van der Waals surface area contributed by atoms with Gasteiger partial charge in [0.2, 0.25) is 5.91 Å². The molecule has 0 atom stereocenters. The first kappa shape index (κ1) is 14.2. The van der Waals surface area contributed by atoms with Crippen molar-refractivity contribution in [2.24, 2.45) is 11.7 Å².